The van der Waals surface area contributed by atoms with E-state index in [1.807, 2.05) is 11.8 Å². The molecule has 0 spiro atoms. The Morgan fingerprint density at radius 1 is 1.25 bits per heavy atom. The fourth-order valence-electron chi connectivity index (χ4n) is 3.32. The fourth-order valence-corrected chi connectivity index (χ4v) is 3.32. The highest BCUT2D eigenvalue weighted by molar-refractivity contribution is 5.81. The van der Waals surface area contributed by atoms with E-state index in [1.165, 1.54) is 0 Å². The molecule has 114 valence electrons. The molecular formula is C14H25N3O3. The van der Waals surface area contributed by atoms with E-state index in [1.54, 1.807) is 0 Å². The first-order chi connectivity index (χ1) is 9.54. The van der Waals surface area contributed by atoms with Gasteiger partial charge in [0.15, 0.2) is 0 Å². The average Bonchev–Trinajstić information content (AvgIpc) is 2.95. The molecule has 2 atom stereocenters. The summed E-state index contributed by atoms with van der Waals surface area (Å²) in [5.41, 5.74) is 5.79. The van der Waals surface area contributed by atoms with Crippen LogP contribution in [0.5, 0.6) is 0 Å². The Labute approximate surface area is 119 Å². The Hall–Kier alpha value is -1.14. The predicted molar refractivity (Wildman–Crippen MR) is 75.2 cm³/mol. The molecule has 2 heterocycles. The van der Waals surface area contributed by atoms with Gasteiger partial charge in [0.25, 0.3) is 0 Å². The number of rotatable bonds is 4. The number of carboxylic acids is 1. The second-order valence-electron chi connectivity index (χ2n) is 5.81. The lowest BCUT2D eigenvalue weighted by atomic mass is 10.0. The lowest BCUT2D eigenvalue weighted by Gasteiger charge is -2.39. The van der Waals surface area contributed by atoms with Gasteiger partial charge in [-0.1, -0.05) is 6.92 Å². The number of aliphatic carboxylic acids is 1. The van der Waals surface area contributed by atoms with Gasteiger partial charge in [0.05, 0.1) is 6.04 Å². The summed E-state index contributed by atoms with van der Waals surface area (Å²) in [5, 5.41) is 9.24. The lowest BCUT2D eigenvalue weighted by molar-refractivity contribution is -0.144. The molecule has 1 unspecified atom stereocenters. The minimum absolute atomic E-state index is 0.0298. The zero-order valence-corrected chi connectivity index (χ0v) is 12.1. The Balaban J connectivity index is 1.88. The number of amides is 1. The van der Waals surface area contributed by atoms with Crippen molar-refractivity contribution in [2.24, 2.45) is 5.73 Å². The van der Waals surface area contributed by atoms with Gasteiger partial charge in [-0.25, -0.2) is 0 Å². The summed E-state index contributed by atoms with van der Waals surface area (Å²) in [6, 6.07) is -0.439. The van der Waals surface area contributed by atoms with Gasteiger partial charge in [0.2, 0.25) is 5.91 Å². The van der Waals surface area contributed by atoms with Crippen molar-refractivity contribution in [1.82, 2.24) is 9.80 Å². The first-order valence-electron chi connectivity index (χ1n) is 7.57. The van der Waals surface area contributed by atoms with Crippen LogP contribution in [0.25, 0.3) is 0 Å². The SMILES string of the molecule is CC[C@@H](N)C(=O)N1CCC(N2CCCC2C(=O)O)CC1. The number of carbonyl (C=O) groups is 2. The maximum Gasteiger partial charge on any atom is 0.320 e. The third-order valence-corrected chi connectivity index (χ3v) is 4.58. The van der Waals surface area contributed by atoms with E-state index in [4.69, 9.17) is 5.73 Å². The largest absolute Gasteiger partial charge is 0.480 e. The Bertz CT molecular complexity index is 367. The number of hydrogen-bond acceptors (Lipinski definition) is 4. The van der Waals surface area contributed by atoms with Crippen LogP contribution in [0.1, 0.15) is 39.0 Å². The van der Waals surface area contributed by atoms with Gasteiger partial charge in [0, 0.05) is 19.1 Å². The molecule has 2 fully saturated rings. The normalized spacial score (nSPS) is 26.7. The van der Waals surface area contributed by atoms with Crippen LogP contribution in [0.4, 0.5) is 0 Å². The van der Waals surface area contributed by atoms with E-state index in [0.717, 1.165) is 32.2 Å². The van der Waals surface area contributed by atoms with Gasteiger partial charge in [-0.15, -0.1) is 0 Å². The van der Waals surface area contributed by atoms with Crippen LogP contribution >= 0.6 is 0 Å². The highest BCUT2D eigenvalue weighted by atomic mass is 16.4. The summed E-state index contributed by atoms with van der Waals surface area (Å²) in [5.74, 6) is -0.684. The summed E-state index contributed by atoms with van der Waals surface area (Å²) in [4.78, 5) is 27.2. The monoisotopic (exact) mass is 283 g/mol. The zero-order chi connectivity index (χ0) is 14.7. The van der Waals surface area contributed by atoms with Crippen molar-refractivity contribution in [3.05, 3.63) is 0 Å². The van der Waals surface area contributed by atoms with Crippen molar-refractivity contribution < 1.29 is 14.7 Å². The highest BCUT2D eigenvalue weighted by Gasteiger charge is 2.37. The minimum atomic E-state index is -0.714. The molecule has 1 amide bonds. The third kappa shape index (κ3) is 3.12. The minimum Gasteiger partial charge on any atom is -0.480 e. The quantitative estimate of drug-likeness (QED) is 0.773. The topological polar surface area (TPSA) is 86.9 Å². The van der Waals surface area contributed by atoms with Crippen molar-refractivity contribution in [2.45, 2.75) is 57.2 Å². The van der Waals surface area contributed by atoms with Gasteiger partial charge in [0.1, 0.15) is 6.04 Å². The van der Waals surface area contributed by atoms with Crippen molar-refractivity contribution >= 4 is 11.9 Å². The van der Waals surface area contributed by atoms with Crippen LogP contribution < -0.4 is 5.73 Å². The Morgan fingerprint density at radius 3 is 2.45 bits per heavy atom. The number of nitrogens with two attached hydrogens (primary N) is 1. The molecular weight excluding hydrogens is 258 g/mol. The second kappa shape index (κ2) is 6.54. The van der Waals surface area contributed by atoms with Crippen LogP contribution in [-0.2, 0) is 9.59 Å². The summed E-state index contributed by atoms with van der Waals surface area (Å²) >= 11 is 0. The zero-order valence-electron chi connectivity index (χ0n) is 12.1. The van der Waals surface area contributed by atoms with Crippen LogP contribution in [0.15, 0.2) is 0 Å². The predicted octanol–water partition coefficient (Wildman–Crippen LogP) is 0.264. The van der Waals surface area contributed by atoms with Crippen molar-refractivity contribution in [1.29, 1.82) is 0 Å². The van der Waals surface area contributed by atoms with Gasteiger partial charge in [-0.3, -0.25) is 14.5 Å². The van der Waals surface area contributed by atoms with Crippen LogP contribution in [0.3, 0.4) is 0 Å². The number of hydrogen-bond donors (Lipinski definition) is 2. The molecule has 2 aliphatic rings. The number of carbonyl (C=O) groups excluding carboxylic acids is 1. The summed E-state index contributed by atoms with van der Waals surface area (Å²) in [6.07, 6.45) is 4.07. The first kappa shape index (κ1) is 15.3. The maximum atomic E-state index is 12.0. The summed E-state index contributed by atoms with van der Waals surface area (Å²) in [7, 11) is 0. The molecule has 2 rings (SSSR count). The summed E-state index contributed by atoms with van der Waals surface area (Å²) in [6.45, 7) is 4.17. The third-order valence-electron chi connectivity index (χ3n) is 4.58. The molecule has 0 saturated carbocycles. The van der Waals surface area contributed by atoms with Crippen LogP contribution in [0.2, 0.25) is 0 Å². The number of carboxylic acid groups (broad SMARTS) is 1. The summed E-state index contributed by atoms with van der Waals surface area (Å²) < 4.78 is 0. The molecule has 0 radical (unpaired) electrons. The number of likely N-dealkylation sites (tertiary alicyclic amines) is 2. The molecule has 6 heteroatoms. The van der Waals surface area contributed by atoms with E-state index in [0.29, 0.717) is 25.6 Å². The molecule has 2 saturated heterocycles. The van der Waals surface area contributed by atoms with E-state index in [-0.39, 0.29) is 11.9 Å². The molecule has 0 bridgehead atoms. The molecule has 20 heavy (non-hydrogen) atoms. The Kier molecular flexibility index (Phi) is 4.99. The Morgan fingerprint density at radius 2 is 1.90 bits per heavy atom. The van der Waals surface area contributed by atoms with Crippen molar-refractivity contribution in [2.75, 3.05) is 19.6 Å². The van der Waals surface area contributed by atoms with Gasteiger partial charge < -0.3 is 15.7 Å². The van der Waals surface area contributed by atoms with Crippen LogP contribution in [-0.4, -0.2) is 64.5 Å². The van der Waals surface area contributed by atoms with Gasteiger partial charge in [-0.05, 0) is 38.6 Å². The van der Waals surface area contributed by atoms with Crippen molar-refractivity contribution in [3.8, 4) is 0 Å². The van der Waals surface area contributed by atoms with E-state index < -0.39 is 12.0 Å². The number of piperidine rings is 1. The first-order valence-corrected chi connectivity index (χ1v) is 7.57. The fraction of sp³-hybridized carbons (Fsp3) is 0.857. The van der Waals surface area contributed by atoms with Crippen molar-refractivity contribution in [3.63, 3.8) is 0 Å². The highest BCUT2D eigenvalue weighted by Crippen LogP contribution is 2.26. The molecule has 0 aromatic rings. The number of nitrogens with zero attached hydrogens (tertiary/aromatic N) is 2. The molecule has 0 aromatic carbocycles. The average molecular weight is 283 g/mol. The lowest BCUT2D eigenvalue weighted by Crippen LogP contribution is -2.52. The van der Waals surface area contributed by atoms with E-state index in [9.17, 15) is 14.7 Å². The molecule has 0 aromatic heterocycles. The van der Waals surface area contributed by atoms with E-state index >= 15 is 0 Å². The molecule has 6 nitrogen and oxygen atoms in total. The smallest absolute Gasteiger partial charge is 0.320 e. The van der Waals surface area contributed by atoms with Crippen LogP contribution in [0, 0.1) is 0 Å². The molecule has 3 N–H and O–H groups in total. The van der Waals surface area contributed by atoms with E-state index in [2.05, 4.69) is 4.90 Å². The van der Waals surface area contributed by atoms with Gasteiger partial charge >= 0.3 is 5.97 Å². The molecule has 2 aliphatic heterocycles. The van der Waals surface area contributed by atoms with Gasteiger partial charge in [-0.2, -0.15) is 0 Å². The second-order valence-corrected chi connectivity index (χ2v) is 5.81. The maximum absolute atomic E-state index is 12.0. The standard InChI is InChI=1S/C14H25N3O3/c1-2-11(15)13(18)16-8-5-10(6-9-16)17-7-3-4-12(17)14(19)20/h10-12H,2-9,15H2,1H3,(H,19,20)/t11-,12?/m1/s1. The molecule has 0 aliphatic carbocycles.